The third kappa shape index (κ3) is 4.91. The van der Waals surface area contributed by atoms with Crippen LogP contribution in [0.5, 0.6) is 11.5 Å². The fourth-order valence-corrected chi connectivity index (χ4v) is 4.12. The lowest BCUT2D eigenvalue weighted by atomic mass is 9.98. The Labute approximate surface area is 157 Å². The zero-order chi connectivity index (χ0) is 18.4. The highest BCUT2D eigenvalue weighted by Gasteiger charge is 2.20. The summed E-state index contributed by atoms with van der Waals surface area (Å²) in [6, 6.07) is 4.56. The van der Waals surface area contributed by atoms with Gasteiger partial charge in [-0.25, -0.2) is 0 Å². The summed E-state index contributed by atoms with van der Waals surface area (Å²) in [6.45, 7) is 2.66. The van der Waals surface area contributed by atoms with Gasteiger partial charge >= 0.3 is 0 Å². The number of carbonyl (C=O) groups is 1. The molecule has 5 nitrogen and oxygen atoms in total. The lowest BCUT2D eigenvalue weighted by Crippen LogP contribution is -2.38. The highest BCUT2D eigenvalue weighted by atomic mass is 16.5. The van der Waals surface area contributed by atoms with Gasteiger partial charge in [0.1, 0.15) is 0 Å². The number of carbonyl (C=O) groups excluding carboxylic acids is 1. The largest absolute Gasteiger partial charge is 0.493 e. The predicted molar refractivity (Wildman–Crippen MR) is 103 cm³/mol. The number of fused-ring (bicyclic) bond motifs is 1. The summed E-state index contributed by atoms with van der Waals surface area (Å²) in [7, 11) is 3.34. The average Bonchev–Trinajstić information content (AvgIpc) is 2.93. The van der Waals surface area contributed by atoms with Crippen LogP contribution in [0.3, 0.4) is 0 Å². The van der Waals surface area contributed by atoms with E-state index in [0.717, 1.165) is 50.4 Å². The van der Waals surface area contributed by atoms with Crippen LogP contribution in [0.1, 0.15) is 56.1 Å². The van der Waals surface area contributed by atoms with E-state index < -0.39 is 0 Å². The van der Waals surface area contributed by atoms with E-state index in [0.29, 0.717) is 12.5 Å². The van der Waals surface area contributed by atoms with E-state index in [9.17, 15) is 4.79 Å². The third-order valence-corrected chi connectivity index (χ3v) is 5.67. The summed E-state index contributed by atoms with van der Waals surface area (Å²) in [5.41, 5.74) is 2.60. The maximum absolute atomic E-state index is 12.3. The summed E-state index contributed by atoms with van der Waals surface area (Å²) in [5.74, 6) is 1.77. The van der Waals surface area contributed by atoms with Gasteiger partial charge in [-0.1, -0.05) is 25.7 Å². The molecule has 1 N–H and O–H groups in total. The maximum atomic E-state index is 12.3. The Bertz CT molecular complexity index is 610. The molecular weight excluding hydrogens is 328 g/mol. The third-order valence-electron chi connectivity index (χ3n) is 5.67. The molecule has 1 aromatic rings. The van der Waals surface area contributed by atoms with Gasteiger partial charge in [0.25, 0.3) is 0 Å². The normalized spacial score (nSPS) is 18.7. The highest BCUT2D eigenvalue weighted by molar-refractivity contribution is 5.76. The van der Waals surface area contributed by atoms with E-state index >= 15 is 0 Å². The maximum Gasteiger partial charge on any atom is 0.221 e. The predicted octanol–water partition coefficient (Wildman–Crippen LogP) is 3.29. The smallest absolute Gasteiger partial charge is 0.221 e. The van der Waals surface area contributed by atoms with Gasteiger partial charge in [-0.05, 0) is 42.5 Å². The van der Waals surface area contributed by atoms with Crippen molar-refractivity contribution in [3.63, 3.8) is 0 Å². The first-order valence-corrected chi connectivity index (χ1v) is 9.95. The second-order valence-electron chi connectivity index (χ2n) is 7.51. The van der Waals surface area contributed by atoms with Crippen molar-refractivity contribution in [2.75, 3.05) is 27.3 Å². The topological polar surface area (TPSA) is 50.8 Å². The van der Waals surface area contributed by atoms with Crippen LogP contribution in [0.15, 0.2) is 12.1 Å². The van der Waals surface area contributed by atoms with Crippen LogP contribution in [0.25, 0.3) is 0 Å². The molecule has 0 aromatic heterocycles. The molecular formula is C21H32N2O3. The number of nitrogens with one attached hydrogen (secondary N) is 1. The van der Waals surface area contributed by atoms with Crippen molar-refractivity contribution in [2.24, 2.45) is 0 Å². The molecule has 144 valence electrons. The Hall–Kier alpha value is -1.75. The Morgan fingerprint density at radius 3 is 2.38 bits per heavy atom. The molecule has 1 fully saturated rings. The molecule has 0 bridgehead atoms. The van der Waals surface area contributed by atoms with Crippen LogP contribution < -0.4 is 14.8 Å². The highest BCUT2D eigenvalue weighted by Crippen LogP contribution is 2.33. The van der Waals surface area contributed by atoms with Gasteiger partial charge in [0.15, 0.2) is 11.5 Å². The fourth-order valence-electron chi connectivity index (χ4n) is 4.12. The molecule has 0 atom stereocenters. The molecule has 2 aliphatic rings. The first-order chi connectivity index (χ1) is 12.7. The molecule has 1 aromatic carbocycles. The first kappa shape index (κ1) is 19.0. The fraction of sp³-hybridized carbons (Fsp3) is 0.667. The molecule has 1 aliphatic carbocycles. The van der Waals surface area contributed by atoms with E-state index in [-0.39, 0.29) is 5.91 Å². The van der Waals surface area contributed by atoms with Gasteiger partial charge in [0.05, 0.1) is 14.2 Å². The van der Waals surface area contributed by atoms with Crippen LogP contribution in [0, 0.1) is 0 Å². The zero-order valence-corrected chi connectivity index (χ0v) is 16.2. The quantitative estimate of drug-likeness (QED) is 0.791. The van der Waals surface area contributed by atoms with Crippen LogP contribution in [0.4, 0.5) is 0 Å². The van der Waals surface area contributed by atoms with Crippen molar-refractivity contribution in [2.45, 2.75) is 64.0 Å². The number of ether oxygens (including phenoxy) is 2. The molecule has 5 heteroatoms. The van der Waals surface area contributed by atoms with E-state index in [1.165, 1.54) is 36.8 Å². The number of hydrogen-bond acceptors (Lipinski definition) is 4. The van der Waals surface area contributed by atoms with Gasteiger partial charge < -0.3 is 14.8 Å². The van der Waals surface area contributed by atoms with Gasteiger partial charge in [-0.15, -0.1) is 0 Å². The minimum absolute atomic E-state index is 0.204. The Balaban J connectivity index is 1.50. The minimum Gasteiger partial charge on any atom is -0.493 e. The molecule has 1 amide bonds. The van der Waals surface area contributed by atoms with Crippen LogP contribution in [0.2, 0.25) is 0 Å². The van der Waals surface area contributed by atoms with Gasteiger partial charge in [0.2, 0.25) is 5.91 Å². The summed E-state index contributed by atoms with van der Waals surface area (Å²) in [5, 5.41) is 3.25. The summed E-state index contributed by atoms with van der Waals surface area (Å²) < 4.78 is 10.8. The Morgan fingerprint density at radius 1 is 1.08 bits per heavy atom. The number of benzene rings is 1. The van der Waals surface area contributed by atoms with Crippen molar-refractivity contribution in [1.82, 2.24) is 10.2 Å². The molecule has 1 saturated carbocycles. The number of methoxy groups -OCH3 is 2. The SMILES string of the molecule is COc1cc2c(cc1OC)CN(CCC(=O)NC1CCCCCC1)CC2. The van der Waals surface area contributed by atoms with Crippen molar-refractivity contribution in [3.8, 4) is 11.5 Å². The molecule has 26 heavy (non-hydrogen) atoms. The van der Waals surface area contributed by atoms with Crippen molar-refractivity contribution in [1.29, 1.82) is 0 Å². The van der Waals surface area contributed by atoms with Crippen LogP contribution >= 0.6 is 0 Å². The number of amides is 1. The van der Waals surface area contributed by atoms with E-state index in [2.05, 4.69) is 22.3 Å². The van der Waals surface area contributed by atoms with Crippen LogP contribution in [-0.2, 0) is 17.8 Å². The number of nitrogens with zero attached hydrogens (tertiary/aromatic N) is 1. The monoisotopic (exact) mass is 360 g/mol. The minimum atomic E-state index is 0.204. The molecule has 0 unspecified atom stereocenters. The average molecular weight is 360 g/mol. The number of rotatable bonds is 6. The molecule has 0 spiro atoms. The van der Waals surface area contributed by atoms with Crippen molar-refractivity contribution in [3.05, 3.63) is 23.3 Å². The first-order valence-electron chi connectivity index (χ1n) is 9.95. The molecule has 0 saturated heterocycles. The summed E-state index contributed by atoms with van der Waals surface area (Å²) in [6.07, 6.45) is 8.98. The lowest BCUT2D eigenvalue weighted by Gasteiger charge is -2.29. The second-order valence-corrected chi connectivity index (χ2v) is 7.51. The molecule has 0 radical (unpaired) electrons. The van der Waals surface area contributed by atoms with Crippen molar-refractivity contribution < 1.29 is 14.3 Å². The molecule has 3 rings (SSSR count). The van der Waals surface area contributed by atoms with E-state index in [4.69, 9.17) is 9.47 Å². The summed E-state index contributed by atoms with van der Waals surface area (Å²) in [4.78, 5) is 14.7. The van der Waals surface area contributed by atoms with Crippen LogP contribution in [-0.4, -0.2) is 44.2 Å². The second kappa shape index (κ2) is 9.26. The van der Waals surface area contributed by atoms with Gasteiger partial charge in [0, 0.05) is 32.1 Å². The summed E-state index contributed by atoms with van der Waals surface area (Å²) >= 11 is 0. The molecule has 1 heterocycles. The van der Waals surface area contributed by atoms with E-state index in [1.54, 1.807) is 14.2 Å². The van der Waals surface area contributed by atoms with Gasteiger partial charge in [-0.2, -0.15) is 0 Å². The van der Waals surface area contributed by atoms with E-state index in [1.807, 2.05) is 0 Å². The lowest BCUT2D eigenvalue weighted by molar-refractivity contribution is -0.122. The Morgan fingerprint density at radius 2 is 1.73 bits per heavy atom. The Kier molecular flexibility index (Phi) is 6.78. The van der Waals surface area contributed by atoms with Crippen molar-refractivity contribution >= 4 is 5.91 Å². The zero-order valence-electron chi connectivity index (χ0n) is 16.2. The number of hydrogen-bond donors (Lipinski definition) is 1. The van der Waals surface area contributed by atoms with Gasteiger partial charge in [-0.3, -0.25) is 9.69 Å². The standard InChI is InChI=1S/C21H32N2O3/c1-25-19-13-16-9-11-23(15-17(16)14-20(19)26-2)12-10-21(24)22-18-7-5-3-4-6-8-18/h13-14,18H,3-12,15H2,1-2H3,(H,22,24). The molecule has 1 aliphatic heterocycles.